The van der Waals surface area contributed by atoms with Crippen molar-refractivity contribution in [2.24, 2.45) is 0 Å². The molecule has 3 fully saturated rings. The summed E-state index contributed by atoms with van der Waals surface area (Å²) in [5, 5.41) is 3.43. The van der Waals surface area contributed by atoms with Crippen LogP contribution in [-0.2, 0) is 4.74 Å². The zero-order valence-corrected chi connectivity index (χ0v) is 9.50. The van der Waals surface area contributed by atoms with E-state index in [1.165, 1.54) is 45.2 Å². The molecule has 3 aliphatic heterocycles. The van der Waals surface area contributed by atoms with Gasteiger partial charge in [-0.15, -0.1) is 0 Å². The van der Waals surface area contributed by atoms with Crippen LogP contribution < -0.4 is 5.32 Å². The van der Waals surface area contributed by atoms with Crippen LogP contribution in [0.1, 0.15) is 32.1 Å². The molecule has 3 saturated heterocycles. The summed E-state index contributed by atoms with van der Waals surface area (Å²) in [5.74, 6) is 0. The molecule has 1 spiro atoms. The van der Waals surface area contributed by atoms with Gasteiger partial charge in [-0.3, -0.25) is 4.90 Å². The molecule has 0 aromatic heterocycles. The monoisotopic (exact) mass is 210 g/mol. The Labute approximate surface area is 92.2 Å². The van der Waals surface area contributed by atoms with Crippen LogP contribution in [0.3, 0.4) is 0 Å². The van der Waals surface area contributed by atoms with E-state index in [0.717, 1.165) is 25.7 Å². The van der Waals surface area contributed by atoms with E-state index in [9.17, 15) is 0 Å². The molecule has 3 rings (SSSR count). The van der Waals surface area contributed by atoms with Crippen LogP contribution in [0.15, 0.2) is 0 Å². The lowest BCUT2D eigenvalue weighted by atomic mass is 9.88. The second-order valence-corrected chi connectivity index (χ2v) is 5.35. The summed E-state index contributed by atoms with van der Waals surface area (Å²) in [6.07, 6.45) is 6.51. The van der Waals surface area contributed by atoms with Gasteiger partial charge in [0, 0.05) is 6.04 Å². The van der Waals surface area contributed by atoms with Crippen molar-refractivity contribution in [3.05, 3.63) is 0 Å². The van der Waals surface area contributed by atoms with Crippen molar-refractivity contribution in [2.75, 3.05) is 32.8 Å². The van der Waals surface area contributed by atoms with Gasteiger partial charge in [-0.05, 0) is 58.3 Å². The second-order valence-electron chi connectivity index (χ2n) is 5.35. The molecular formula is C12H22N2O. The maximum atomic E-state index is 6.12. The van der Waals surface area contributed by atoms with Crippen molar-refractivity contribution in [1.29, 1.82) is 0 Å². The Hall–Kier alpha value is -0.120. The van der Waals surface area contributed by atoms with E-state index in [0.29, 0.717) is 0 Å². The van der Waals surface area contributed by atoms with Crippen LogP contribution >= 0.6 is 0 Å². The van der Waals surface area contributed by atoms with Gasteiger partial charge in [0.1, 0.15) is 0 Å². The Bertz CT molecular complexity index is 220. The summed E-state index contributed by atoms with van der Waals surface area (Å²) in [6, 6.07) is 0.727. The minimum Gasteiger partial charge on any atom is -0.373 e. The highest BCUT2D eigenvalue weighted by Gasteiger charge is 2.43. The molecule has 1 unspecified atom stereocenters. The quantitative estimate of drug-likeness (QED) is 0.698. The van der Waals surface area contributed by atoms with Crippen molar-refractivity contribution in [2.45, 2.75) is 43.7 Å². The third-order valence-electron chi connectivity index (χ3n) is 4.36. The molecule has 3 aliphatic rings. The Morgan fingerprint density at radius 1 is 1.13 bits per heavy atom. The average Bonchev–Trinajstić information content (AvgIpc) is 2.88. The third-order valence-corrected chi connectivity index (χ3v) is 4.36. The van der Waals surface area contributed by atoms with E-state index in [2.05, 4.69) is 10.2 Å². The van der Waals surface area contributed by atoms with E-state index in [1.807, 2.05) is 0 Å². The van der Waals surface area contributed by atoms with Gasteiger partial charge in [0.05, 0.1) is 12.2 Å². The van der Waals surface area contributed by atoms with Crippen LogP contribution in [-0.4, -0.2) is 49.3 Å². The fourth-order valence-electron chi connectivity index (χ4n) is 3.39. The molecule has 0 aliphatic carbocycles. The normalized spacial score (nSPS) is 36.4. The number of piperidine rings is 1. The first-order chi connectivity index (χ1) is 7.38. The van der Waals surface area contributed by atoms with E-state index < -0.39 is 0 Å². The summed E-state index contributed by atoms with van der Waals surface area (Å²) in [7, 11) is 0. The molecule has 3 heteroatoms. The molecule has 3 nitrogen and oxygen atoms in total. The summed E-state index contributed by atoms with van der Waals surface area (Å²) < 4.78 is 6.12. The first-order valence-electron chi connectivity index (χ1n) is 6.47. The van der Waals surface area contributed by atoms with Gasteiger partial charge < -0.3 is 10.1 Å². The van der Waals surface area contributed by atoms with E-state index in [4.69, 9.17) is 4.74 Å². The van der Waals surface area contributed by atoms with Crippen LogP contribution in [0.4, 0.5) is 0 Å². The fourth-order valence-corrected chi connectivity index (χ4v) is 3.39. The molecule has 3 heterocycles. The molecule has 0 bridgehead atoms. The smallest absolute Gasteiger partial charge is 0.0723 e. The molecule has 0 amide bonds. The molecule has 0 aromatic rings. The number of hydrogen-bond acceptors (Lipinski definition) is 3. The van der Waals surface area contributed by atoms with Crippen LogP contribution in [0.5, 0.6) is 0 Å². The summed E-state index contributed by atoms with van der Waals surface area (Å²) in [4.78, 5) is 2.65. The highest BCUT2D eigenvalue weighted by atomic mass is 16.5. The first kappa shape index (κ1) is 10.1. The molecule has 15 heavy (non-hydrogen) atoms. The van der Waals surface area contributed by atoms with Gasteiger partial charge in [-0.2, -0.15) is 0 Å². The fraction of sp³-hybridized carbons (Fsp3) is 1.00. The Balaban J connectivity index is 1.61. The predicted molar refractivity (Wildman–Crippen MR) is 60.0 cm³/mol. The largest absolute Gasteiger partial charge is 0.373 e. The molecule has 1 atom stereocenters. The lowest BCUT2D eigenvalue weighted by molar-refractivity contribution is -0.0200. The van der Waals surface area contributed by atoms with E-state index in [1.54, 1.807) is 0 Å². The van der Waals surface area contributed by atoms with E-state index >= 15 is 0 Å². The number of rotatable bonds is 1. The molecule has 0 saturated carbocycles. The molecular weight excluding hydrogens is 188 g/mol. The van der Waals surface area contributed by atoms with Crippen molar-refractivity contribution in [3.63, 3.8) is 0 Å². The highest BCUT2D eigenvalue weighted by Crippen LogP contribution is 2.36. The second kappa shape index (κ2) is 4.04. The van der Waals surface area contributed by atoms with Gasteiger partial charge in [0.2, 0.25) is 0 Å². The van der Waals surface area contributed by atoms with Gasteiger partial charge in [0.25, 0.3) is 0 Å². The van der Waals surface area contributed by atoms with Crippen molar-refractivity contribution in [1.82, 2.24) is 10.2 Å². The lowest BCUT2D eigenvalue weighted by Crippen LogP contribution is -2.42. The zero-order chi connectivity index (χ0) is 10.1. The summed E-state index contributed by atoms with van der Waals surface area (Å²) in [6.45, 7) is 5.89. The van der Waals surface area contributed by atoms with Gasteiger partial charge in [-0.1, -0.05) is 0 Å². The molecule has 0 aromatic carbocycles. The van der Waals surface area contributed by atoms with Crippen LogP contribution in [0.25, 0.3) is 0 Å². The van der Waals surface area contributed by atoms with Crippen molar-refractivity contribution in [3.8, 4) is 0 Å². The number of ether oxygens (including phenoxy) is 1. The first-order valence-corrected chi connectivity index (χ1v) is 6.47. The van der Waals surface area contributed by atoms with Crippen molar-refractivity contribution >= 4 is 0 Å². The van der Waals surface area contributed by atoms with E-state index in [-0.39, 0.29) is 5.60 Å². The van der Waals surface area contributed by atoms with Gasteiger partial charge in [-0.25, -0.2) is 0 Å². The summed E-state index contributed by atoms with van der Waals surface area (Å²) in [5.41, 5.74) is 0.249. The Morgan fingerprint density at radius 2 is 1.87 bits per heavy atom. The number of likely N-dealkylation sites (tertiary alicyclic amines) is 1. The number of nitrogens with one attached hydrogen (secondary N) is 1. The molecule has 1 N–H and O–H groups in total. The molecule has 0 radical (unpaired) electrons. The minimum atomic E-state index is 0.249. The standard InChI is InChI=1S/C12H22N2O/c1-2-8-14(7-1)11-9-12(15-10-11)3-5-13-6-4-12/h11,13H,1-10H2. The average molecular weight is 210 g/mol. The Morgan fingerprint density at radius 3 is 2.60 bits per heavy atom. The maximum Gasteiger partial charge on any atom is 0.0723 e. The Kier molecular flexibility index (Phi) is 2.71. The lowest BCUT2D eigenvalue weighted by Gasteiger charge is -2.33. The predicted octanol–water partition coefficient (Wildman–Crippen LogP) is 0.993. The maximum absolute atomic E-state index is 6.12. The third kappa shape index (κ3) is 1.93. The van der Waals surface area contributed by atoms with Gasteiger partial charge in [0.15, 0.2) is 0 Å². The zero-order valence-electron chi connectivity index (χ0n) is 9.50. The minimum absolute atomic E-state index is 0.249. The summed E-state index contributed by atoms with van der Waals surface area (Å²) >= 11 is 0. The topological polar surface area (TPSA) is 24.5 Å². The highest BCUT2D eigenvalue weighted by molar-refractivity contribution is 4.96. The van der Waals surface area contributed by atoms with Crippen LogP contribution in [0, 0.1) is 0 Å². The van der Waals surface area contributed by atoms with Crippen LogP contribution in [0.2, 0.25) is 0 Å². The van der Waals surface area contributed by atoms with Gasteiger partial charge >= 0.3 is 0 Å². The number of nitrogens with zero attached hydrogens (tertiary/aromatic N) is 1. The number of hydrogen-bond donors (Lipinski definition) is 1. The van der Waals surface area contributed by atoms with Crippen molar-refractivity contribution < 1.29 is 4.74 Å². The molecule has 86 valence electrons. The SMILES string of the molecule is C1CCN(C2COC3(CCNCC3)C2)C1.